The minimum Gasteiger partial charge on any atom is -0.396 e. The van der Waals surface area contributed by atoms with Gasteiger partial charge in [0.1, 0.15) is 0 Å². The van der Waals surface area contributed by atoms with Crippen LogP contribution in [0.4, 0.5) is 0 Å². The van der Waals surface area contributed by atoms with E-state index in [0.717, 1.165) is 19.3 Å². The van der Waals surface area contributed by atoms with Gasteiger partial charge in [-0.1, -0.05) is 0 Å². The second kappa shape index (κ2) is 2.98. The van der Waals surface area contributed by atoms with Crippen LogP contribution in [0, 0.1) is 5.92 Å². The van der Waals surface area contributed by atoms with E-state index in [1.807, 2.05) is 0 Å². The van der Waals surface area contributed by atoms with Crippen LogP contribution in [0.2, 0.25) is 0 Å². The van der Waals surface area contributed by atoms with Crippen LogP contribution in [0.25, 0.3) is 0 Å². The van der Waals surface area contributed by atoms with Crippen molar-refractivity contribution >= 4 is 0 Å². The van der Waals surface area contributed by atoms with Crippen molar-refractivity contribution in [2.45, 2.75) is 37.3 Å². The van der Waals surface area contributed by atoms with Crippen LogP contribution in [-0.2, 0) is 4.74 Å². The van der Waals surface area contributed by atoms with Crippen molar-refractivity contribution in [2.24, 2.45) is 11.7 Å². The van der Waals surface area contributed by atoms with Gasteiger partial charge < -0.3 is 15.6 Å². The maximum atomic E-state index is 9.08. The van der Waals surface area contributed by atoms with E-state index >= 15 is 0 Å². The van der Waals surface area contributed by atoms with Gasteiger partial charge in [0, 0.05) is 18.6 Å². The summed E-state index contributed by atoms with van der Waals surface area (Å²) in [4.78, 5) is 0. The summed E-state index contributed by atoms with van der Waals surface area (Å²) in [6.07, 6.45) is 4.56. The largest absolute Gasteiger partial charge is 0.396 e. The zero-order chi connectivity index (χ0) is 8.60. The molecule has 12 heavy (non-hydrogen) atoms. The summed E-state index contributed by atoms with van der Waals surface area (Å²) >= 11 is 0. The highest BCUT2D eigenvalue weighted by atomic mass is 16.5. The third-order valence-electron chi connectivity index (χ3n) is 3.32. The summed E-state index contributed by atoms with van der Waals surface area (Å²) in [5, 5.41) is 9.08. The van der Waals surface area contributed by atoms with Crippen LogP contribution < -0.4 is 5.73 Å². The molecule has 2 atom stereocenters. The van der Waals surface area contributed by atoms with Gasteiger partial charge in [0.25, 0.3) is 0 Å². The van der Waals surface area contributed by atoms with Crippen molar-refractivity contribution in [3.8, 4) is 0 Å². The van der Waals surface area contributed by atoms with Crippen LogP contribution in [0.15, 0.2) is 0 Å². The molecule has 0 aromatic carbocycles. The van der Waals surface area contributed by atoms with Crippen molar-refractivity contribution in [1.82, 2.24) is 0 Å². The highest BCUT2D eigenvalue weighted by Crippen LogP contribution is 2.43. The third-order valence-corrected chi connectivity index (χ3v) is 3.32. The van der Waals surface area contributed by atoms with Gasteiger partial charge in [-0.05, 0) is 25.7 Å². The van der Waals surface area contributed by atoms with Crippen LogP contribution in [-0.4, -0.2) is 30.0 Å². The fourth-order valence-corrected chi connectivity index (χ4v) is 2.22. The normalized spacial score (nSPS) is 39.5. The molecule has 1 aliphatic carbocycles. The lowest BCUT2D eigenvalue weighted by atomic mass is 9.71. The van der Waals surface area contributed by atoms with Gasteiger partial charge in [-0.2, -0.15) is 0 Å². The highest BCUT2D eigenvalue weighted by Gasteiger charge is 2.44. The van der Waals surface area contributed by atoms with E-state index in [0.29, 0.717) is 6.61 Å². The number of nitrogens with two attached hydrogens (primary N) is 1. The van der Waals surface area contributed by atoms with Gasteiger partial charge in [0.2, 0.25) is 0 Å². The number of aliphatic hydroxyl groups excluding tert-OH is 1. The lowest BCUT2D eigenvalue weighted by Crippen LogP contribution is -2.54. The first-order valence-corrected chi connectivity index (χ1v) is 4.76. The molecule has 2 rings (SSSR count). The molecule has 0 amide bonds. The summed E-state index contributed by atoms with van der Waals surface area (Å²) in [5.41, 5.74) is 5.92. The standard InChI is InChI=1S/C9H17NO2/c10-8-6-12-9(2-1-3-9)4-7(8)5-11/h7-8,11H,1-6,10H2. The number of ether oxygens (including phenoxy) is 1. The summed E-state index contributed by atoms with van der Waals surface area (Å²) in [7, 11) is 0. The van der Waals surface area contributed by atoms with E-state index in [4.69, 9.17) is 15.6 Å². The highest BCUT2D eigenvalue weighted by molar-refractivity contribution is 4.96. The minimum atomic E-state index is 0.0428. The molecule has 1 heterocycles. The molecular weight excluding hydrogens is 154 g/mol. The zero-order valence-corrected chi connectivity index (χ0v) is 7.33. The Morgan fingerprint density at radius 3 is 2.75 bits per heavy atom. The van der Waals surface area contributed by atoms with Crippen molar-refractivity contribution in [3.05, 3.63) is 0 Å². The number of aliphatic hydroxyl groups is 1. The fraction of sp³-hybridized carbons (Fsp3) is 1.00. The zero-order valence-electron chi connectivity index (χ0n) is 7.33. The molecule has 1 spiro atoms. The molecule has 1 saturated heterocycles. The summed E-state index contributed by atoms with van der Waals surface area (Å²) in [6, 6.07) is 0.0428. The Morgan fingerprint density at radius 2 is 2.25 bits per heavy atom. The van der Waals surface area contributed by atoms with Crippen molar-refractivity contribution in [3.63, 3.8) is 0 Å². The first-order valence-electron chi connectivity index (χ1n) is 4.76. The Bertz CT molecular complexity index is 168. The van der Waals surface area contributed by atoms with Crippen molar-refractivity contribution in [1.29, 1.82) is 0 Å². The van der Waals surface area contributed by atoms with E-state index in [2.05, 4.69) is 0 Å². The van der Waals surface area contributed by atoms with Crippen LogP contribution >= 0.6 is 0 Å². The van der Waals surface area contributed by atoms with Gasteiger partial charge >= 0.3 is 0 Å². The average Bonchev–Trinajstić information content (AvgIpc) is 2.03. The molecule has 0 bridgehead atoms. The van der Waals surface area contributed by atoms with Gasteiger partial charge in [0.15, 0.2) is 0 Å². The third kappa shape index (κ3) is 1.26. The predicted octanol–water partition coefficient (Wildman–Crippen LogP) is 0.265. The molecule has 2 aliphatic rings. The van der Waals surface area contributed by atoms with E-state index in [9.17, 15) is 0 Å². The molecule has 0 radical (unpaired) electrons. The second-order valence-corrected chi connectivity index (χ2v) is 4.16. The quantitative estimate of drug-likeness (QED) is 0.595. The average molecular weight is 171 g/mol. The first kappa shape index (κ1) is 8.48. The molecule has 70 valence electrons. The maximum Gasteiger partial charge on any atom is 0.0687 e. The van der Waals surface area contributed by atoms with Gasteiger partial charge in [0.05, 0.1) is 12.2 Å². The predicted molar refractivity (Wildman–Crippen MR) is 45.7 cm³/mol. The number of hydrogen-bond acceptors (Lipinski definition) is 3. The Hall–Kier alpha value is -0.120. The van der Waals surface area contributed by atoms with E-state index in [-0.39, 0.29) is 24.2 Å². The van der Waals surface area contributed by atoms with E-state index in [1.165, 1.54) is 6.42 Å². The molecule has 3 heteroatoms. The maximum absolute atomic E-state index is 9.08. The molecular formula is C9H17NO2. The molecule has 1 aliphatic heterocycles. The summed E-state index contributed by atoms with van der Waals surface area (Å²) in [6.45, 7) is 0.845. The number of hydrogen-bond donors (Lipinski definition) is 2. The molecule has 3 nitrogen and oxygen atoms in total. The van der Waals surface area contributed by atoms with E-state index < -0.39 is 0 Å². The smallest absolute Gasteiger partial charge is 0.0687 e. The second-order valence-electron chi connectivity index (χ2n) is 4.16. The van der Waals surface area contributed by atoms with Crippen LogP contribution in [0.1, 0.15) is 25.7 Å². The molecule has 2 fully saturated rings. The minimum absolute atomic E-state index is 0.0428. The Morgan fingerprint density at radius 1 is 1.50 bits per heavy atom. The molecule has 1 saturated carbocycles. The van der Waals surface area contributed by atoms with E-state index in [1.54, 1.807) is 0 Å². The topological polar surface area (TPSA) is 55.5 Å². The van der Waals surface area contributed by atoms with Crippen LogP contribution in [0.5, 0.6) is 0 Å². The lowest BCUT2D eigenvalue weighted by molar-refractivity contribution is -0.154. The van der Waals surface area contributed by atoms with Crippen LogP contribution in [0.3, 0.4) is 0 Å². The first-order chi connectivity index (χ1) is 5.76. The molecule has 0 aromatic rings. The Kier molecular flexibility index (Phi) is 2.10. The van der Waals surface area contributed by atoms with Crippen molar-refractivity contribution in [2.75, 3.05) is 13.2 Å². The fourth-order valence-electron chi connectivity index (χ4n) is 2.22. The van der Waals surface area contributed by atoms with Gasteiger partial charge in [-0.15, -0.1) is 0 Å². The van der Waals surface area contributed by atoms with Gasteiger partial charge in [-0.3, -0.25) is 0 Å². The monoisotopic (exact) mass is 171 g/mol. The lowest BCUT2D eigenvalue weighted by Gasteiger charge is -2.48. The van der Waals surface area contributed by atoms with Crippen molar-refractivity contribution < 1.29 is 9.84 Å². The molecule has 2 unspecified atom stereocenters. The summed E-state index contributed by atoms with van der Waals surface area (Å²) < 4.78 is 5.71. The Balaban J connectivity index is 1.97. The summed E-state index contributed by atoms with van der Waals surface area (Å²) in [5.74, 6) is 0.263. The number of rotatable bonds is 1. The SMILES string of the molecule is NC1COC2(CCC2)CC1CO. The van der Waals surface area contributed by atoms with Gasteiger partial charge in [-0.25, -0.2) is 0 Å². The molecule has 3 N–H and O–H groups in total. The molecule has 0 aromatic heterocycles. The Labute approximate surface area is 72.9 Å².